The van der Waals surface area contributed by atoms with Gasteiger partial charge in [-0.3, -0.25) is 0 Å². The van der Waals surface area contributed by atoms with Crippen molar-refractivity contribution in [3.05, 3.63) is 47.5 Å². The highest BCUT2D eigenvalue weighted by Crippen LogP contribution is 2.38. The molecule has 0 atom stereocenters. The highest BCUT2D eigenvalue weighted by molar-refractivity contribution is 5.41. The summed E-state index contributed by atoms with van der Waals surface area (Å²) < 4.78 is 1.86. The van der Waals surface area contributed by atoms with Crippen LogP contribution in [0.3, 0.4) is 0 Å². The molecule has 2 aromatic rings. The zero-order valence-corrected chi connectivity index (χ0v) is 10.3. The van der Waals surface area contributed by atoms with E-state index in [1.165, 1.54) is 29.5 Å². The Kier molecular flexibility index (Phi) is 2.28. The van der Waals surface area contributed by atoms with Gasteiger partial charge in [-0.25, -0.2) is 9.67 Å². The maximum atomic E-state index is 4.15. The van der Waals surface area contributed by atoms with Gasteiger partial charge in [0.15, 0.2) is 0 Å². The molecule has 1 heterocycles. The molecular weight excluding hydrogens is 210 g/mol. The quantitative estimate of drug-likeness (QED) is 0.789. The summed E-state index contributed by atoms with van der Waals surface area (Å²) >= 11 is 0. The molecule has 3 rings (SSSR count). The fourth-order valence-electron chi connectivity index (χ4n) is 2.65. The van der Waals surface area contributed by atoms with Crippen molar-refractivity contribution in [2.45, 2.75) is 38.6 Å². The van der Waals surface area contributed by atoms with Gasteiger partial charge in [-0.1, -0.05) is 32.0 Å². The molecule has 0 spiro atoms. The molecule has 17 heavy (non-hydrogen) atoms. The number of aromatic nitrogens is 3. The van der Waals surface area contributed by atoms with E-state index >= 15 is 0 Å². The van der Waals surface area contributed by atoms with E-state index in [0.29, 0.717) is 5.41 Å². The van der Waals surface area contributed by atoms with Gasteiger partial charge in [0.25, 0.3) is 0 Å². The average Bonchev–Trinajstić information content (AvgIpc) is 2.89. The van der Waals surface area contributed by atoms with Crippen molar-refractivity contribution in [1.29, 1.82) is 0 Å². The van der Waals surface area contributed by atoms with Crippen molar-refractivity contribution in [3.63, 3.8) is 0 Å². The van der Waals surface area contributed by atoms with Crippen LogP contribution in [0.25, 0.3) is 0 Å². The first-order valence-corrected chi connectivity index (χ1v) is 6.10. The van der Waals surface area contributed by atoms with Crippen LogP contribution < -0.4 is 0 Å². The summed E-state index contributed by atoms with van der Waals surface area (Å²) in [5.41, 5.74) is 4.66. The maximum Gasteiger partial charge on any atom is 0.137 e. The number of hydrogen-bond donors (Lipinski definition) is 0. The summed E-state index contributed by atoms with van der Waals surface area (Å²) in [6, 6.07) is 6.82. The summed E-state index contributed by atoms with van der Waals surface area (Å²) in [4.78, 5) is 3.97. The Labute approximate surface area is 101 Å². The Morgan fingerprint density at radius 2 is 2.24 bits per heavy atom. The van der Waals surface area contributed by atoms with E-state index in [9.17, 15) is 0 Å². The molecule has 0 saturated carbocycles. The number of hydrogen-bond acceptors (Lipinski definition) is 2. The van der Waals surface area contributed by atoms with Crippen molar-refractivity contribution in [3.8, 4) is 0 Å². The molecule has 0 fully saturated rings. The zero-order chi connectivity index (χ0) is 11.9. The van der Waals surface area contributed by atoms with Crippen molar-refractivity contribution >= 4 is 0 Å². The lowest BCUT2D eigenvalue weighted by Crippen LogP contribution is -2.12. The summed E-state index contributed by atoms with van der Waals surface area (Å²) in [5, 5.41) is 4.15. The van der Waals surface area contributed by atoms with Crippen LogP contribution in [0.4, 0.5) is 0 Å². The molecule has 1 aromatic carbocycles. The fraction of sp³-hybridized carbons (Fsp3) is 0.429. The third-order valence-corrected chi connectivity index (χ3v) is 3.73. The van der Waals surface area contributed by atoms with Crippen LogP contribution in [0.15, 0.2) is 30.9 Å². The van der Waals surface area contributed by atoms with Gasteiger partial charge in [0.2, 0.25) is 0 Å². The van der Waals surface area contributed by atoms with E-state index in [2.05, 4.69) is 42.1 Å². The second kappa shape index (κ2) is 3.69. The first-order chi connectivity index (χ1) is 8.15. The van der Waals surface area contributed by atoms with Crippen LogP contribution in [0.1, 0.15) is 37.0 Å². The Morgan fingerprint density at radius 1 is 1.35 bits per heavy atom. The van der Waals surface area contributed by atoms with E-state index in [1.807, 2.05) is 4.68 Å². The highest BCUT2D eigenvalue weighted by atomic mass is 15.3. The van der Waals surface area contributed by atoms with Crippen molar-refractivity contribution in [2.24, 2.45) is 0 Å². The van der Waals surface area contributed by atoms with Gasteiger partial charge in [-0.05, 0) is 34.9 Å². The second-order valence-corrected chi connectivity index (χ2v) is 5.47. The van der Waals surface area contributed by atoms with Gasteiger partial charge in [0.1, 0.15) is 12.7 Å². The van der Waals surface area contributed by atoms with Crippen molar-refractivity contribution in [1.82, 2.24) is 14.8 Å². The molecule has 0 amide bonds. The van der Waals surface area contributed by atoms with Crippen LogP contribution in [0, 0.1) is 0 Å². The molecule has 0 saturated heterocycles. The van der Waals surface area contributed by atoms with E-state index in [-0.39, 0.29) is 0 Å². The highest BCUT2D eigenvalue weighted by Gasteiger charge is 2.29. The van der Waals surface area contributed by atoms with E-state index in [4.69, 9.17) is 0 Å². The number of aryl methyl sites for hydroxylation is 1. The predicted octanol–water partition coefficient (Wildman–Crippen LogP) is 2.55. The smallest absolute Gasteiger partial charge is 0.137 e. The largest absolute Gasteiger partial charge is 0.249 e. The molecule has 3 nitrogen and oxygen atoms in total. The molecule has 88 valence electrons. The van der Waals surface area contributed by atoms with Gasteiger partial charge in [0, 0.05) is 0 Å². The summed E-state index contributed by atoms with van der Waals surface area (Å²) in [6.07, 6.45) is 5.82. The van der Waals surface area contributed by atoms with Crippen LogP contribution in [0.2, 0.25) is 0 Å². The molecular formula is C14H17N3. The third-order valence-electron chi connectivity index (χ3n) is 3.73. The van der Waals surface area contributed by atoms with Crippen LogP contribution in [-0.2, 0) is 18.4 Å². The van der Waals surface area contributed by atoms with E-state index < -0.39 is 0 Å². The van der Waals surface area contributed by atoms with Crippen LogP contribution >= 0.6 is 0 Å². The van der Waals surface area contributed by atoms with Crippen LogP contribution in [0.5, 0.6) is 0 Å². The summed E-state index contributed by atoms with van der Waals surface area (Å²) in [6.45, 7) is 5.47. The Balaban J connectivity index is 1.93. The third kappa shape index (κ3) is 1.86. The molecule has 1 aromatic heterocycles. The van der Waals surface area contributed by atoms with E-state index in [1.54, 1.807) is 12.7 Å². The van der Waals surface area contributed by atoms with Crippen LogP contribution in [-0.4, -0.2) is 14.8 Å². The Morgan fingerprint density at radius 3 is 3.00 bits per heavy atom. The first-order valence-electron chi connectivity index (χ1n) is 6.10. The molecule has 0 radical (unpaired) electrons. The minimum atomic E-state index is 0.327. The molecule has 0 unspecified atom stereocenters. The second-order valence-electron chi connectivity index (χ2n) is 5.47. The molecule has 1 aliphatic rings. The molecule has 0 bridgehead atoms. The number of fused-ring (bicyclic) bond motifs is 1. The molecule has 0 aliphatic heterocycles. The van der Waals surface area contributed by atoms with Crippen molar-refractivity contribution in [2.75, 3.05) is 0 Å². The predicted molar refractivity (Wildman–Crippen MR) is 66.9 cm³/mol. The molecule has 1 aliphatic carbocycles. The Bertz CT molecular complexity index is 526. The van der Waals surface area contributed by atoms with Gasteiger partial charge in [-0.2, -0.15) is 5.10 Å². The van der Waals surface area contributed by atoms with E-state index in [0.717, 1.165) is 6.54 Å². The molecule has 0 N–H and O–H groups in total. The average molecular weight is 227 g/mol. The Hall–Kier alpha value is -1.64. The summed E-state index contributed by atoms with van der Waals surface area (Å²) in [7, 11) is 0. The molecule has 3 heteroatoms. The number of nitrogens with zero attached hydrogens (tertiary/aromatic N) is 3. The van der Waals surface area contributed by atoms with Crippen molar-refractivity contribution < 1.29 is 0 Å². The lowest BCUT2D eigenvalue weighted by Gasteiger charge is -2.19. The first kappa shape index (κ1) is 10.5. The maximum absolute atomic E-state index is 4.15. The minimum Gasteiger partial charge on any atom is -0.249 e. The van der Waals surface area contributed by atoms with Gasteiger partial charge in [-0.15, -0.1) is 0 Å². The van der Waals surface area contributed by atoms with Gasteiger partial charge < -0.3 is 0 Å². The van der Waals surface area contributed by atoms with Gasteiger partial charge >= 0.3 is 0 Å². The lowest BCUT2D eigenvalue weighted by atomic mass is 9.86. The minimum absolute atomic E-state index is 0.327. The lowest BCUT2D eigenvalue weighted by molar-refractivity contribution is 0.521. The van der Waals surface area contributed by atoms with Gasteiger partial charge in [0.05, 0.1) is 6.54 Å². The normalized spacial score (nSPS) is 17.1. The number of rotatable bonds is 2. The SMILES string of the molecule is CC1(C)CCc2ccc(Cn3cncn3)cc21. The topological polar surface area (TPSA) is 30.7 Å². The monoisotopic (exact) mass is 227 g/mol. The number of benzene rings is 1. The zero-order valence-electron chi connectivity index (χ0n) is 10.3. The standard InChI is InChI=1S/C14H17N3/c1-14(2)6-5-12-4-3-11(7-13(12)14)8-17-10-15-9-16-17/h3-4,7,9-10H,5-6,8H2,1-2H3. The fourth-order valence-corrected chi connectivity index (χ4v) is 2.65. The summed E-state index contributed by atoms with van der Waals surface area (Å²) in [5.74, 6) is 0.